The molecule has 1 amide bonds. The molecule has 152 valence electrons. The number of carbonyl (C=O) groups is 1. The molecule has 1 atom stereocenters. The average Bonchev–Trinajstić information content (AvgIpc) is 3.23. The van der Waals surface area contributed by atoms with Gasteiger partial charge in [-0.1, -0.05) is 20.3 Å². The normalized spacial score (nSPS) is 16.3. The molecular formula is C20H32N2O4S. The summed E-state index contributed by atoms with van der Waals surface area (Å²) in [6, 6.07) is 4.83. The molecule has 6 nitrogen and oxygen atoms in total. The number of carbonyl (C=O) groups excluding carboxylic acids is 1. The SMILES string of the molecule is CCCCN(C(=O)c1ccc(OC)c(S(=O)(=O)N2CCCC2)c1)C(C)CC. The summed E-state index contributed by atoms with van der Waals surface area (Å²) in [6.45, 7) is 7.86. The monoisotopic (exact) mass is 396 g/mol. The van der Waals surface area contributed by atoms with Gasteiger partial charge < -0.3 is 9.64 Å². The van der Waals surface area contributed by atoms with Crippen LogP contribution < -0.4 is 4.74 Å². The van der Waals surface area contributed by atoms with Gasteiger partial charge in [0.2, 0.25) is 10.0 Å². The van der Waals surface area contributed by atoms with E-state index in [1.165, 1.54) is 17.5 Å². The molecule has 0 bridgehead atoms. The number of benzene rings is 1. The van der Waals surface area contributed by atoms with E-state index < -0.39 is 10.0 Å². The first-order valence-corrected chi connectivity index (χ1v) is 11.3. The number of methoxy groups -OCH3 is 1. The summed E-state index contributed by atoms with van der Waals surface area (Å²) < 4.78 is 32.8. The first kappa shape index (κ1) is 21.7. The topological polar surface area (TPSA) is 66.9 Å². The van der Waals surface area contributed by atoms with E-state index in [0.717, 1.165) is 32.1 Å². The van der Waals surface area contributed by atoms with Crippen molar-refractivity contribution in [2.75, 3.05) is 26.7 Å². The number of hydrogen-bond acceptors (Lipinski definition) is 4. The van der Waals surface area contributed by atoms with Gasteiger partial charge in [-0.05, 0) is 50.8 Å². The molecule has 0 aliphatic carbocycles. The minimum Gasteiger partial charge on any atom is -0.495 e. The third-order valence-electron chi connectivity index (χ3n) is 5.23. The van der Waals surface area contributed by atoms with Crippen molar-refractivity contribution in [1.29, 1.82) is 0 Å². The lowest BCUT2D eigenvalue weighted by Crippen LogP contribution is -2.39. The van der Waals surface area contributed by atoms with Crippen LogP contribution in [0.3, 0.4) is 0 Å². The van der Waals surface area contributed by atoms with Gasteiger partial charge in [0.15, 0.2) is 0 Å². The fourth-order valence-electron chi connectivity index (χ4n) is 3.32. The molecule has 1 unspecified atom stereocenters. The van der Waals surface area contributed by atoms with Crippen LogP contribution >= 0.6 is 0 Å². The zero-order chi connectivity index (χ0) is 20.0. The maximum absolute atomic E-state index is 13.1. The minimum absolute atomic E-state index is 0.0809. The largest absolute Gasteiger partial charge is 0.495 e. The van der Waals surface area contributed by atoms with Crippen molar-refractivity contribution in [3.05, 3.63) is 23.8 Å². The molecule has 1 heterocycles. The standard InChI is InChI=1S/C20H32N2O4S/c1-5-7-14-22(16(3)6-2)20(23)17-10-11-18(26-4)19(15-17)27(24,25)21-12-8-9-13-21/h10-11,15-16H,5-9,12-14H2,1-4H3. The van der Waals surface area contributed by atoms with Crippen LogP contribution in [0.4, 0.5) is 0 Å². The van der Waals surface area contributed by atoms with Crippen molar-refractivity contribution in [3.63, 3.8) is 0 Å². The summed E-state index contributed by atoms with van der Waals surface area (Å²) in [5.74, 6) is 0.153. The second-order valence-electron chi connectivity index (χ2n) is 7.09. The van der Waals surface area contributed by atoms with E-state index in [0.29, 0.717) is 25.2 Å². The Labute approximate surface area is 163 Å². The Balaban J connectivity index is 2.41. The van der Waals surface area contributed by atoms with Crippen LogP contribution in [0.2, 0.25) is 0 Å². The Hall–Kier alpha value is -1.60. The number of ether oxygens (including phenoxy) is 1. The lowest BCUT2D eigenvalue weighted by atomic mass is 10.1. The van der Waals surface area contributed by atoms with Crippen LogP contribution in [0.5, 0.6) is 5.75 Å². The maximum Gasteiger partial charge on any atom is 0.254 e. The second-order valence-corrected chi connectivity index (χ2v) is 8.99. The summed E-state index contributed by atoms with van der Waals surface area (Å²) in [5, 5.41) is 0. The number of amides is 1. The van der Waals surface area contributed by atoms with Crippen molar-refractivity contribution in [2.24, 2.45) is 0 Å². The lowest BCUT2D eigenvalue weighted by Gasteiger charge is -2.29. The van der Waals surface area contributed by atoms with Crippen molar-refractivity contribution >= 4 is 15.9 Å². The van der Waals surface area contributed by atoms with Gasteiger partial charge in [0.25, 0.3) is 5.91 Å². The zero-order valence-corrected chi connectivity index (χ0v) is 17.7. The molecule has 1 aromatic carbocycles. The van der Waals surface area contributed by atoms with E-state index in [-0.39, 0.29) is 22.6 Å². The molecule has 0 aromatic heterocycles. The zero-order valence-electron chi connectivity index (χ0n) is 16.9. The number of hydrogen-bond donors (Lipinski definition) is 0. The summed E-state index contributed by atoms with van der Waals surface area (Å²) in [7, 11) is -2.22. The lowest BCUT2D eigenvalue weighted by molar-refractivity contribution is 0.0685. The average molecular weight is 397 g/mol. The first-order chi connectivity index (χ1) is 12.9. The van der Waals surface area contributed by atoms with E-state index in [1.807, 2.05) is 18.7 Å². The Kier molecular flexibility index (Phi) is 7.68. The van der Waals surface area contributed by atoms with Gasteiger partial charge in [-0.25, -0.2) is 8.42 Å². The number of nitrogens with zero attached hydrogens (tertiary/aromatic N) is 2. The number of unbranched alkanes of at least 4 members (excludes halogenated alkanes) is 1. The molecular weight excluding hydrogens is 364 g/mol. The van der Waals surface area contributed by atoms with Gasteiger partial charge in [0.1, 0.15) is 10.6 Å². The van der Waals surface area contributed by atoms with Crippen molar-refractivity contribution in [3.8, 4) is 5.75 Å². The van der Waals surface area contributed by atoms with Gasteiger partial charge >= 0.3 is 0 Å². The second kappa shape index (κ2) is 9.55. The number of sulfonamides is 1. The Morgan fingerprint density at radius 2 is 1.93 bits per heavy atom. The van der Waals surface area contributed by atoms with Crippen molar-refractivity contribution in [2.45, 2.75) is 63.8 Å². The molecule has 7 heteroatoms. The van der Waals surface area contributed by atoms with Gasteiger partial charge in [-0.2, -0.15) is 4.31 Å². The molecule has 1 aliphatic heterocycles. The van der Waals surface area contributed by atoms with E-state index in [4.69, 9.17) is 4.74 Å². The predicted molar refractivity (Wildman–Crippen MR) is 107 cm³/mol. The summed E-state index contributed by atoms with van der Waals surface area (Å²) >= 11 is 0. The summed E-state index contributed by atoms with van der Waals surface area (Å²) in [4.78, 5) is 15.1. The third kappa shape index (κ3) is 4.82. The molecule has 1 saturated heterocycles. The van der Waals surface area contributed by atoms with E-state index in [2.05, 4.69) is 6.92 Å². The highest BCUT2D eigenvalue weighted by Crippen LogP contribution is 2.30. The van der Waals surface area contributed by atoms with Gasteiger partial charge in [-0.15, -0.1) is 0 Å². The Bertz CT molecular complexity index is 742. The van der Waals surface area contributed by atoms with Crippen molar-refractivity contribution < 1.29 is 17.9 Å². The van der Waals surface area contributed by atoms with Gasteiger partial charge in [-0.3, -0.25) is 4.79 Å². The van der Waals surface area contributed by atoms with Crippen LogP contribution in [0.25, 0.3) is 0 Å². The van der Waals surface area contributed by atoms with E-state index in [9.17, 15) is 13.2 Å². The maximum atomic E-state index is 13.1. The van der Waals surface area contributed by atoms with Crippen LogP contribution in [-0.2, 0) is 10.0 Å². The number of rotatable bonds is 9. The molecule has 0 spiro atoms. The van der Waals surface area contributed by atoms with E-state index in [1.54, 1.807) is 12.1 Å². The Morgan fingerprint density at radius 1 is 1.26 bits per heavy atom. The smallest absolute Gasteiger partial charge is 0.254 e. The fourth-order valence-corrected chi connectivity index (χ4v) is 5.01. The molecule has 1 aromatic rings. The summed E-state index contributed by atoms with van der Waals surface area (Å²) in [6.07, 6.45) is 4.49. The van der Waals surface area contributed by atoms with Crippen molar-refractivity contribution in [1.82, 2.24) is 9.21 Å². The molecule has 27 heavy (non-hydrogen) atoms. The molecule has 0 radical (unpaired) electrons. The van der Waals surface area contributed by atoms with Crippen LogP contribution in [0.1, 0.15) is 63.2 Å². The van der Waals surface area contributed by atoms with Crippen LogP contribution in [0, 0.1) is 0 Å². The minimum atomic E-state index is -3.67. The molecule has 1 fully saturated rings. The van der Waals surface area contributed by atoms with Crippen LogP contribution in [0.15, 0.2) is 23.1 Å². The van der Waals surface area contributed by atoms with Gasteiger partial charge in [0.05, 0.1) is 7.11 Å². The third-order valence-corrected chi connectivity index (χ3v) is 7.15. The highest BCUT2D eigenvalue weighted by Gasteiger charge is 2.31. The molecule has 0 N–H and O–H groups in total. The first-order valence-electron chi connectivity index (χ1n) is 9.85. The molecule has 1 aliphatic rings. The van der Waals surface area contributed by atoms with Crippen LogP contribution in [-0.4, -0.2) is 56.3 Å². The molecule has 2 rings (SSSR count). The Morgan fingerprint density at radius 3 is 2.48 bits per heavy atom. The van der Waals surface area contributed by atoms with Gasteiger partial charge in [0, 0.05) is 31.2 Å². The highest BCUT2D eigenvalue weighted by molar-refractivity contribution is 7.89. The fraction of sp³-hybridized carbons (Fsp3) is 0.650. The predicted octanol–water partition coefficient (Wildman–Crippen LogP) is 3.52. The summed E-state index contributed by atoms with van der Waals surface area (Å²) in [5.41, 5.74) is 0.393. The quantitative estimate of drug-likeness (QED) is 0.640. The van der Waals surface area contributed by atoms with E-state index >= 15 is 0 Å². The molecule has 0 saturated carbocycles. The highest BCUT2D eigenvalue weighted by atomic mass is 32.2.